The third kappa shape index (κ3) is 15.3. The van der Waals surface area contributed by atoms with Gasteiger partial charge in [0.15, 0.2) is 0 Å². The molecule has 1 heterocycles. The molecule has 3 aromatic rings. The first kappa shape index (κ1) is 44.8. The number of benzene rings is 3. The van der Waals surface area contributed by atoms with E-state index in [4.69, 9.17) is 5.11 Å². The summed E-state index contributed by atoms with van der Waals surface area (Å²) in [6.45, 7) is 6.72. The molecule has 4 rings (SSSR count). The molecule has 0 saturated carbocycles. The molecule has 9 nitrogen and oxygen atoms in total. The maximum atomic E-state index is 13.4. The van der Waals surface area contributed by atoms with Crippen molar-refractivity contribution < 1.29 is 33.0 Å². The predicted molar refractivity (Wildman–Crippen MR) is 217 cm³/mol. The van der Waals surface area contributed by atoms with E-state index in [-0.39, 0.29) is 18.1 Å². The number of aliphatic carboxylic acids is 2. The Labute approximate surface area is 319 Å². The van der Waals surface area contributed by atoms with Crippen molar-refractivity contribution in [2.24, 2.45) is 5.92 Å². The largest absolute Gasteiger partial charge is 0.481 e. The van der Waals surface area contributed by atoms with E-state index < -0.39 is 33.7 Å². The summed E-state index contributed by atoms with van der Waals surface area (Å²) in [4.78, 5) is 38.0. The zero-order chi connectivity index (χ0) is 38.8. The highest BCUT2D eigenvalue weighted by Gasteiger charge is 2.31. The molecule has 0 radical (unpaired) electrons. The van der Waals surface area contributed by atoms with Gasteiger partial charge in [0, 0.05) is 30.4 Å². The van der Waals surface area contributed by atoms with E-state index >= 15 is 0 Å². The topological polar surface area (TPSA) is 141 Å². The summed E-state index contributed by atoms with van der Waals surface area (Å²) in [6.07, 6.45) is 10.9. The third-order valence-corrected chi connectivity index (χ3v) is 10.6. The molecule has 0 aliphatic carbocycles. The van der Waals surface area contributed by atoms with Crippen LogP contribution in [0.25, 0.3) is 11.1 Å². The minimum atomic E-state index is -3.38. The van der Waals surface area contributed by atoms with Gasteiger partial charge in [-0.15, -0.1) is 0 Å². The van der Waals surface area contributed by atoms with Crippen molar-refractivity contribution in [2.45, 2.75) is 77.5 Å². The first-order chi connectivity index (χ1) is 24.6. The Bertz CT molecular complexity index is 1690. The Morgan fingerprint density at radius 2 is 1.52 bits per heavy atom. The molecule has 1 saturated heterocycles. The Morgan fingerprint density at radius 1 is 0.885 bits per heavy atom. The number of hydrogen-bond donors (Lipinski definition) is 3. The number of nitrogens with one attached hydrogen (secondary N) is 1. The molecule has 12 heteroatoms. The van der Waals surface area contributed by atoms with E-state index in [1.165, 1.54) is 5.56 Å². The molecule has 3 N–H and O–H groups in total. The number of carboxylic acid groups (broad SMARTS) is 2. The number of likely N-dealkylation sites (tertiary alicyclic amines) is 1. The summed E-state index contributed by atoms with van der Waals surface area (Å²) < 4.78 is 23.2. The summed E-state index contributed by atoms with van der Waals surface area (Å²) in [5.41, 5.74) is 5.38. The van der Waals surface area contributed by atoms with Crippen molar-refractivity contribution in [2.75, 3.05) is 36.5 Å². The van der Waals surface area contributed by atoms with E-state index in [0.717, 1.165) is 66.5 Å². The summed E-state index contributed by atoms with van der Waals surface area (Å²) in [5, 5.41) is 20.6. The molecule has 286 valence electrons. The average Bonchev–Trinajstić information content (AvgIpc) is 3.43. The van der Waals surface area contributed by atoms with Crippen LogP contribution in [0.4, 0.5) is 0 Å². The van der Waals surface area contributed by atoms with Gasteiger partial charge in [-0.1, -0.05) is 67.6 Å². The van der Waals surface area contributed by atoms with Crippen LogP contribution in [0.2, 0.25) is 0 Å². The molecule has 52 heavy (non-hydrogen) atoms. The lowest BCUT2D eigenvalue weighted by atomic mass is 9.93. The number of carbonyl (C=O) groups excluding carboxylic acids is 1. The normalized spacial score (nSPS) is 16.8. The van der Waals surface area contributed by atoms with Crippen LogP contribution in [0.1, 0.15) is 66.6 Å². The van der Waals surface area contributed by atoms with Gasteiger partial charge in [-0.3, -0.25) is 14.5 Å². The van der Waals surface area contributed by atoms with Gasteiger partial charge in [0.05, 0.1) is 11.7 Å². The lowest BCUT2D eigenvalue weighted by Crippen LogP contribution is -2.42. The van der Waals surface area contributed by atoms with Crippen molar-refractivity contribution in [3.8, 4) is 11.1 Å². The van der Waals surface area contributed by atoms with Crippen molar-refractivity contribution >= 4 is 51.2 Å². The number of sulfone groups is 1. The van der Waals surface area contributed by atoms with Crippen LogP contribution < -0.4 is 5.32 Å². The Hall–Kier alpha value is -3.32. The van der Waals surface area contributed by atoms with E-state index in [1.54, 1.807) is 36.5 Å². The standard InChI is InChI=1S/C32H38N2O5S.C6H12O2S.C2H6S/c1-22-9-7-8-12-27(22)29-20-25(21-34-23(2)13-15-26(34)19-24-10-5-4-6-11-24)14-16-28(29)31(35)33-30(32(36)37)17-18-40(3,38)39;1-5(6(7)8)3-4-9-2;1-3-2/h4-12,14,16,20,23,26,30H,13,15,17-19,21H2,1-3H3,(H,33,35)(H,36,37);5H,3-4H2,1-2H3,(H,7,8);1-2H3/t23-,26?,30?;;/m0../s1. The van der Waals surface area contributed by atoms with E-state index in [0.29, 0.717) is 17.6 Å². The minimum absolute atomic E-state index is 0.183. The number of carbonyl (C=O) groups is 3. The maximum Gasteiger partial charge on any atom is 0.326 e. The number of nitrogens with zero attached hydrogens (tertiary/aromatic N) is 1. The van der Waals surface area contributed by atoms with Crippen LogP contribution >= 0.6 is 23.5 Å². The van der Waals surface area contributed by atoms with Crippen LogP contribution in [0, 0.1) is 12.8 Å². The number of thioether (sulfide) groups is 2. The number of rotatable bonds is 15. The average molecular weight is 773 g/mol. The molecule has 4 atom stereocenters. The monoisotopic (exact) mass is 772 g/mol. The fraction of sp³-hybridized carbons (Fsp3) is 0.475. The second-order valence-electron chi connectivity index (χ2n) is 13.3. The van der Waals surface area contributed by atoms with Crippen molar-refractivity contribution in [1.29, 1.82) is 0 Å². The van der Waals surface area contributed by atoms with Gasteiger partial charge >= 0.3 is 11.9 Å². The molecule has 0 spiro atoms. The second kappa shape index (κ2) is 22.7. The molecular weight excluding hydrogens is 717 g/mol. The molecule has 1 amide bonds. The smallest absolute Gasteiger partial charge is 0.326 e. The number of hydrogen-bond acceptors (Lipinski definition) is 8. The molecule has 1 aliphatic heterocycles. The zero-order valence-electron chi connectivity index (χ0n) is 31.5. The van der Waals surface area contributed by atoms with Crippen molar-refractivity contribution in [3.05, 3.63) is 95.1 Å². The zero-order valence-corrected chi connectivity index (χ0v) is 34.0. The van der Waals surface area contributed by atoms with Gasteiger partial charge < -0.3 is 15.5 Å². The minimum Gasteiger partial charge on any atom is -0.481 e. The van der Waals surface area contributed by atoms with Gasteiger partial charge in [-0.2, -0.15) is 23.5 Å². The molecule has 0 aromatic heterocycles. The highest BCUT2D eigenvalue weighted by Crippen LogP contribution is 2.32. The van der Waals surface area contributed by atoms with Gasteiger partial charge in [0.25, 0.3) is 5.91 Å². The fourth-order valence-electron chi connectivity index (χ4n) is 5.96. The predicted octanol–water partition coefficient (Wildman–Crippen LogP) is 7.31. The van der Waals surface area contributed by atoms with Gasteiger partial charge in [-0.25, -0.2) is 13.2 Å². The molecule has 0 bridgehead atoms. The van der Waals surface area contributed by atoms with E-state index in [9.17, 15) is 27.9 Å². The van der Waals surface area contributed by atoms with Crippen LogP contribution in [-0.2, 0) is 32.4 Å². The van der Waals surface area contributed by atoms with E-state index in [1.807, 2.05) is 68.2 Å². The Balaban J connectivity index is 0.000000673. The molecule has 3 unspecified atom stereocenters. The third-order valence-electron chi connectivity index (χ3n) is 8.95. The molecule has 3 aromatic carbocycles. The molecular formula is C40H56N2O7S3. The lowest BCUT2D eigenvalue weighted by molar-refractivity contribution is -0.141. The van der Waals surface area contributed by atoms with E-state index in [2.05, 4.69) is 41.4 Å². The summed E-state index contributed by atoms with van der Waals surface area (Å²) in [6, 6.07) is 23.6. The molecule has 1 fully saturated rings. The summed E-state index contributed by atoms with van der Waals surface area (Å²) >= 11 is 3.43. The first-order valence-corrected chi connectivity index (χ1v) is 22.5. The second-order valence-corrected chi connectivity index (χ2v) is 17.4. The molecule has 1 aliphatic rings. The SMILES string of the molecule is CSC.CSCCC(C)C(=O)O.Cc1ccccc1-c1cc(CN2C(Cc3ccccc3)CC[C@@H]2C)ccc1C(=O)NC(CCS(C)(=O)=O)C(=O)O. The first-order valence-electron chi connectivity index (χ1n) is 17.4. The number of carboxylic acids is 2. The van der Waals surface area contributed by atoms with Crippen molar-refractivity contribution in [3.63, 3.8) is 0 Å². The Morgan fingerprint density at radius 3 is 2.10 bits per heavy atom. The van der Waals surface area contributed by atoms with Crippen molar-refractivity contribution in [1.82, 2.24) is 10.2 Å². The quantitative estimate of drug-likeness (QED) is 0.144. The van der Waals surface area contributed by atoms with Gasteiger partial charge in [0.2, 0.25) is 0 Å². The maximum absolute atomic E-state index is 13.4. The van der Waals surface area contributed by atoms with Crippen LogP contribution in [0.5, 0.6) is 0 Å². The fourth-order valence-corrected chi connectivity index (χ4v) is 7.21. The van der Waals surface area contributed by atoms with Crippen LogP contribution in [0.15, 0.2) is 72.8 Å². The van der Waals surface area contributed by atoms with Gasteiger partial charge in [0.1, 0.15) is 15.9 Å². The number of amides is 1. The summed E-state index contributed by atoms with van der Waals surface area (Å²) in [7, 11) is -3.38. The van der Waals surface area contributed by atoms with Gasteiger partial charge in [-0.05, 0) is 110 Å². The Kier molecular flexibility index (Phi) is 19.6. The lowest BCUT2D eigenvalue weighted by Gasteiger charge is -2.29. The van der Waals surface area contributed by atoms with Crippen LogP contribution in [-0.4, -0.2) is 96.0 Å². The van der Waals surface area contributed by atoms with Crippen LogP contribution in [0.3, 0.4) is 0 Å². The summed E-state index contributed by atoms with van der Waals surface area (Å²) in [5.74, 6) is -2.07. The highest BCUT2D eigenvalue weighted by atomic mass is 32.2. The highest BCUT2D eigenvalue weighted by molar-refractivity contribution is 7.98. The number of aryl methyl sites for hydroxylation is 1.